The molecule has 112 valence electrons. The molecular weight excluding hydrogens is 346 g/mol. The second-order valence-electron chi connectivity index (χ2n) is 4.87. The van der Waals surface area contributed by atoms with E-state index in [0.29, 0.717) is 29.2 Å². The first-order chi connectivity index (χ1) is 10.7. The standard InChI is InChI=1S/C16H14BrN3O2/c17-9-3-8-14(21)20-13-7-2-1-5-11(13)16(22)19-12-6-4-10-18-15(12)20/h1-2,4-7,10H,3,8-9H2,(H,19,22). The predicted molar refractivity (Wildman–Crippen MR) is 88.8 cm³/mol. The highest BCUT2D eigenvalue weighted by Crippen LogP contribution is 2.36. The topological polar surface area (TPSA) is 62.3 Å². The molecule has 0 radical (unpaired) electrons. The van der Waals surface area contributed by atoms with Gasteiger partial charge < -0.3 is 5.32 Å². The van der Waals surface area contributed by atoms with Crippen molar-refractivity contribution in [2.45, 2.75) is 12.8 Å². The Morgan fingerprint density at radius 3 is 2.86 bits per heavy atom. The van der Waals surface area contributed by atoms with Gasteiger partial charge in [-0.2, -0.15) is 0 Å². The highest BCUT2D eigenvalue weighted by molar-refractivity contribution is 9.09. The molecule has 2 aromatic rings. The van der Waals surface area contributed by atoms with Crippen molar-refractivity contribution in [2.24, 2.45) is 0 Å². The van der Waals surface area contributed by atoms with Crippen LogP contribution in [0.1, 0.15) is 23.2 Å². The zero-order chi connectivity index (χ0) is 15.5. The molecule has 0 unspecified atom stereocenters. The molecule has 0 aliphatic carbocycles. The van der Waals surface area contributed by atoms with Crippen molar-refractivity contribution in [1.29, 1.82) is 0 Å². The summed E-state index contributed by atoms with van der Waals surface area (Å²) < 4.78 is 0. The molecule has 0 bridgehead atoms. The van der Waals surface area contributed by atoms with Crippen LogP contribution in [0.2, 0.25) is 0 Å². The average molecular weight is 360 g/mol. The van der Waals surface area contributed by atoms with Gasteiger partial charge in [0.15, 0.2) is 5.82 Å². The number of nitrogens with zero attached hydrogens (tertiary/aromatic N) is 2. The molecule has 0 saturated heterocycles. The van der Waals surface area contributed by atoms with Crippen molar-refractivity contribution in [1.82, 2.24) is 4.98 Å². The number of fused-ring (bicyclic) bond motifs is 2. The second-order valence-corrected chi connectivity index (χ2v) is 5.66. The van der Waals surface area contributed by atoms with E-state index >= 15 is 0 Å². The molecule has 2 amide bonds. The average Bonchev–Trinajstić information content (AvgIpc) is 2.67. The summed E-state index contributed by atoms with van der Waals surface area (Å²) in [6, 6.07) is 10.5. The maximum absolute atomic E-state index is 12.7. The number of carbonyl (C=O) groups is 2. The van der Waals surface area contributed by atoms with Crippen molar-refractivity contribution in [3.05, 3.63) is 48.2 Å². The van der Waals surface area contributed by atoms with Crippen molar-refractivity contribution < 1.29 is 9.59 Å². The van der Waals surface area contributed by atoms with Gasteiger partial charge in [-0.25, -0.2) is 4.98 Å². The number of aromatic nitrogens is 1. The Hall–Kier alpha value is -2.21. The molecule has 0 saturated carbocycles. The van der Waals surface area contributed by atoms with Gasteiger partial charge in [0.1, 0.15) is 0 Å². The first-order valence-electron chi connectivity index (χ1n) is 6.96. The fourth-order valence-corrected chi connectivity index (χ4v) is 2.70. The summed E-state index contributed by atoms with van der Waals surface area (Å²) in [5.41, 5.74) is 1.57. The van der Waals surface area contributed by atoms with Crippen LogP contribution in [-0.2, 0) is 4.79 Å². The third kappa shape index (κ3) is 2.62. The lowest BCUT2D eigenvalue weighted by molar-refractivity contribution is -0.117. The number of alkyl halides is 1. The van der Waals surface area contributed by atoms with E-state index in [9.17, 15) is 9.59 Å². The summed E-state index contributed by atoms with van der Waals surface area (Å²) in [6.07, 6.45) is 2.72. The highest BCUT2D eigenvalue weighted by Gasteiger charge is 2.29. The number of amides is 2. The molecule has 5 nitrogen and oxygen atoms in total. The summed E-state index contributed by atoms with van der Waals surface area (Å²) in [5.74, 6) is 0.143. The highest BCUT2D eigenvalue weighted by atomic mass is 79.9. The Labute approximate surface area is 136 Å². The van der Waals surface area contributed by atoms with E-state index in [1.807, 2.05) is 6.07 Å². The zero-order valence-electron chi connectivity index (χ0n) is 11.8. The largest absolute Gasteiger partial charge is 0.319 e. The molecule has 22 heavy (non-hydrogen) atoms. The molecule has 0 atom stereocenters. The third-order valence-corrected chi connectivity index (χ3v) is 3.97. The molecular formula is C16H14BrN3O2. The summed E-state index contributed by atoms with van der Waals surface area (Å²) in [5, 5.41) is 3.57. The van der Waals surface area contributed by atoms with Gasteiger partial charge in [0.25, 0.3) is 5.91 Å². The number of rotatable bonds is 3. The first-order valence-corrected chi connectivity index (χ1v) is 8.09. The van der Waals surface area contributed by atoms with E-state index in [-0.39, 0.29) is 11.8 Å². The van der Waals surface area contributed by atoms with Gasteiger partial charge in [0, 0.05) is 17.9 Å². The number of hydrogen-bond acceptors (Lipinski definition) is 3. The summed E-state index contributed by atoms with van der Waals surface area (Å²) in [7, 11) is 0. The van der Waals surface area contributed by atoms with Crippen molar-refractivity contribution in [2.75, 3.05) is 15.5 Å². The minimum Gasteiger partial charge on any atom is -0.319 e. The minimum atomic E-state index is -0.236. The number of para-hydroxylation sites is 1. The lowest BCUT2D eigenvalue weighted by Gasteiger charge is -2.22. The monoisotopic (exact) mass is 359 g/mol. The van der Waals surface area contributed by atoms with Crippen LogP contribution in [0, 0.1) is 0 Å². The van der Waals surface area contributed by atoms with Crippen molar-refractivity contribution >= 4 is 44.9 Å². The normalized spacial score (nSPS) is 13.0. The van der Waals surface area contributed by atoms with Crippen LogP contribution in [0.4, 0.5) is 17.2 Å². The van der Waals surface area contributed by atoms with E-state index in [1.165, 1.54) is 4.90 Å². The summed E-state index contributed by atoms with van der Waals surface area (Å²) in [6.45, 7) is 0. The van der Waals surface area contributed by atoms with Crippen LogP contribution in [0.25, 0.3) is 0 Å². The molecule has 6 heteroatoms. The van der Waals surface area contributed by atoms with Crippen molar-refractivity contribution in [3.8, 4) is 0 Å². The smallest absolute Gasteiger partial charge is 0.257 e. The number of anilines is 3. The van der Waals surface area contributed by atoms with E-state index in [0.717, 1.165) is 11.8 Å². The number of halogens is 1. The van der Waals surface area contributed by atoms with E-state index in [2.05, 4.69) is 26.2 Å². The Balaban J connectivity index is 2.15. The second kappa shape index (κ2) is 6.27. The molecule has 2 heterocycles. The lowest BCUT2D eigenvalue weighted by atomic mass is 10.1. The first kappa shape index (κ1) is 14.7. The number of carbonyl (C=O) groups excluding carboxylic acids is 2. The van der Waals surface area contributed by atoms with E-state index < -0.39 is 0 Å². The van der Waals surface area contributed by atoms with Gasteiger partial charge in [-0.05, 0) is 30.7 Å². The van der Waals surface area contributed by atoms with Crippen molar-refractivity contribution in [3.63, 3.8) is 0 Å². The van der Waals surface area contributed by atoms with Gasteiger partial charge in [0.05, 0.1) is 16.9 Å². The van der Waals surface area contributed by atoms with E-state index in [4.69, 9.17) is 0 Å². The van der Waals surface area contributed by atoms with Gasteiger partial charge >= 0.3 is 0 Å². The van der Waals surface area contributed by atoms with Gasteiger partial charge in [-0.3, -0.25) is 14.5 Å². The van der Waals surface area contributed by atoms with Crippen LogP contribution in [-0.4, -0.2) is 22.1 Å². The lowest BCUT2D eigenvalue weighted by Crippen LogP contribution is -2.27. The fraction of sp³-hybridized carbons (Fsp3) is 0.188. The van der Waals surface area contributed by atoms with Crippen LogP contribution in [0.5, 0.6) is 0 Å². The number of pyridine rings is 1. The van der Waals surface area contributed by atoms with Gasteiger partial charge in [-0.1, -0.05) is 28.1 Å². The van der Waals surface area contributed by atoms with E-state index in [1.54, 1.807) is 36.5 Å². The fourth-order valence-electron chi connectivity index (χ4n) is 2.42. The molecule has 3 rings (SSSR count). The Morgan fingerprint density at radius 1 is 1.23 bits per heavy atom. The molecule has 1 aliphatic rings. The number of hydrogen-bond donors (Lipinski definition) is 1. The zero-order valence-corrected chi connectivity index (χ0v) is 13.3. The predicted octanol–water partition coefficient (Wildman–Crippen LogP) is 3.49. The Morgan fingerprint density at radius 2 is 2.05 bits per heavy atom. The summed E-state index contributed by atoms with van der Waals surface area (Å²) >= 11 is 3.34. The molecule has 1 aromatic heterocycles. The SMILES string of the molecule is O=C1Nc2cccnc2N(C(=O)CCCBr)c2ccccc21. The minimum absolute atomic E-state index is 0.0802. The molecule has 1 aliphatic heterocycles. The summed E-state index contributed by atoms with van der Waals surface area (Å²) in [4.78, 5) is 30.9. The van der Waals surface area contributed by atoms with Gasteiger partial charge in [-0.15, -0.1) is 0 Å². The molecule has 1 aromatic carbocycles. The molecule has 1 N–H and O–H groups in total. The molecule has 0 fully saturated rings. The number of benzene rings is 1. The maximum atomic E-state index is 12.7. The Kier molecular flexibility index (Phi) is 4.20. The Bertz CT molecular complexity index is 733. The van der Waals surface area contributed by atoms with Gasteiger partial charge in [0.2, 0.25) is 5.91 Å². The quantitative estimate of drug-likeness (QED) is 0.853. The number of nitrogens with one attached hydrogen (secondary N) is 1. The maximum Gasteiger partial charge on any atom is 0.257 e. The van der Waals surface area contributed by atoms with Crippen LogP contribution in [0.3, 0.4) is 0 Å². The van der Waals surface area contributed by atoms with Crippen LogP contribution >= 0.6 is 15.9 Å². The van der Waals surface area contributed by atoms with Crippen LogP contribution < -0.4 is 10.2 Å². The molecule has 0 spiro atoms. The third-order valence-electron chi connectivity index (χ3n) is 3.41. The van der Waals surface area contributed by atoms with Crippen LogP contribution in [0.15, 0.2) is 42.6 Å².